The summed E-state index contributed by atoms with van der Waals surface area (Å²) in [5, 5.41) is 5.78. The minimum absolute atomic E-state index is 0.0357. The van der Waals surface area contributed by atoms with E-state index in [9.17, 15) is 9.59 Å². The van der Waals surface area contributed by atoms with E-state index in [0.717, 1.165) is 10.9 Å². The summed E-state index contributed by atoms with van der Waals surface area (Å²) in [5.74, 6) is -0.515. The van der Waals surface area contributed by atoms with Crippen molar-refractivity contribution in [1.29, 1.82) is 0 Å². The number of carbonyl (C=O) groups is 2. The quantitative estimate of drug-likeness (QED) is 0.834. The average molecular weight is 243 g/mol. The van der Waals surface area contributed by atoms with Gasteiger partial charge in [-0.25, -0.2) is 0 Å². The Morgan fingerprint density at radius 2 is 2.00 bits per heavy atom. The summed E-state index contributed by atoms with van der Waals surface area (Å²) in [7, 11) is 1.52. The highest BCUT2D eigenvalue weighted by atomic mass is 16.2. The van der Waals surface area contributed by atoms with Crippen LogP contribution in [0.1, 0.15) is 10.4 Å². The van der Waals surface area contributed by atoms with Gasteiger partial charge in [0.15, 0.2) is 0 Å². The molecule has 1 aromatic heterocycles. The molecule has 0 atom stereocenters. The summed E-state index contributed by atoms with van der Waals surface area (Å²) in [4.78, 5) is 27.2. The molecule has 5 heteroatoms. The number of hydrogen-bond donors (Lipinski definition) is 2. The fraction of sp³-hybridized carbons (Fsp3) is 0.154. The van der Waals surface area contributed by atoms with Crippen LogP contribution >= 0.6 is 0 Å². The Balaban J connectivity index is 2.25. The fourth-order valence-electron chi connectivity index (χ4n) is 1.64. The number of benzene rings is 1. The Morgan fingerprint density at radius 3 is 2.78 bits per heavy atom. The Kier molecular flexibility index (Phi) is 3.52. The molecule has 5 nitrogen and oxygen atoms in total. The lowest BCUT2D eigenvalue weighted by Crippen LogP contribution is -2.35. The maximum atomic E-state index is 12.0. The normalized spacial score (nSPS) is 10.1. The molecule has 2 amide bonds. The molecule has 2 aromatic rings. The summed E-state index contributed by atoms with van der Waals surface area (Å²) >= 11 is 0. The molecule has 1 heterocycles. The zero-order valence-corrected chi connectivity index (χ0v) is 9.93. The van der Waals surface area contributed by atoms with Gasteiger partial charge in [0.25, 0.3) is 5.91 Å². The van der Waals surface area contributed by atoms with Crippen molar-refractivity contribution in [2.24, 2.45) is 0 Å². The molecular weight excluding hydrogens is 230 g/mol. The predicted octanol–water partition coefficient (Wildman–Crippen LogP) is 0.711. The van der Waals surface area contributed by atoms with Crippen molar-refractivity contribution in [2.75, 3.05) is 13.6 Å². The van der Waals surface area contributed by atoms with Crippen molar-refractivity contribution in [2.45, 2.75) is 0 Å². The number of fused-ring (bicyclic) bond motifs is 1. The number of aromatic nitrogens is 1. The van der Waals surface area contributed by atoms with Crippen LogP contribution in [0.2, 0.25) is 0 Å². The largest absolute Gasteiger partial charge is 0.358 e. The van der Waals surface area contributed by atoms with Crippen molar-refractivity contribution >= 4 is 22.7 Å². The smallest absolute Gasteiger partial charge is 0.252 e. The molecule has 92 valence electrons. The van der Waals surface area contributed by atoms with Crippen LogP contribution in [0.25, 0.3) is 10.9 Å². The van der Waals surface area contributed by atoms with Crippen LogP contribution in [0.4, 0.5) is 0 Å². The lowest BCUT2D eigenvalue weighted by molar-refractivity contribution is -0.119. The number of nitrogens with one attached hydrogen (secondary N) is 2. The first-order valence-electron chi connectivity index (χ1n) is 5.55. The van der Waals surface area contributed by atoms with Gasteiger partial charge in [0.05, 0.1) is 17.6 Å². The molecule has 2 rings (SSSR count). The van der Waals surface area contributed by atoms with Gasteiger partial charge < -0.3 is 10.6 Å². The zero-order chi connectivity index (χ0) is 13.0. The van der Waals surface area contributed by atoms with E-state index in [1.807, 2.05) is 24.3 Å². The summed E-state index contributed by atoms with van der Waals surface area (Å²) in [6.45, 7) is -0.0357. The van der Waals surface area contributed by atoms with E-state index >= 15 is 0 Å². The van der Waals surface area contributed by atoms with E-state index in [-0.39, 0.29) is 18.4 Å². The minimum Gasteiger partial charge on any atom is -0.358 e. The molecule has 0 saturated carbocycles. The first-order chi connectivity index (χ1) is 8.72. The standard InChI is InChI=1S/C13H13N3O2/c1-14-12(17)8-16-13(18)10-6-7-15-11-5-3-2-4-9(10)11/h2-7H,8H2,1H3,(H,14,17)(H,16,18). The number of nitrogens with zero attached hydrogens (tertiary/aromatic N) is 1. The number of amides is 2. The van der Waals surface area contributed by atoms with Gasteiger partial charge in [-0.05, 0) is 12.1 Å². The Hall–Kier alpha value is -2.43. The molecule has 18 heavy (non-hydrogen) atoms. The fourth-order valence-corrected chi connectivity index (χ4v) is 1.64. The Morgan fingerprint density at radius 1 is 1.22 bits per heavy atom. The minimum atomic E-state index is -0.280. The molecule has 2 N–H and O–H groups in total. The van der Waals surface area contributed by atoms with Gasteiger partial charge in [-0.3, -0.25) is 14.6 Å². The maximum absolute atomic E-state index is 12.0. The van der Waals surface area contributed by atoms with E-state index < -0.39 is 0 Å². The first-order valence-corrected chi connectivity index (χ1v) is 5.55. The van der Waals surface area contributed by atoms with Crippen LogP contribution in [0.15, 0.2) is 36.5 Å². The highest BCUT2D eigenvalue weighted by Gasteiger charge is 2.10. The van der Waals surface area contributed by atoms with Crippen LogP contribution < -0.4 is 10.6 Å². The summed E-state index contributed by atoms with van der Waals surface area (Å²) in [5.41, 5.74) is 1.27. The van der Waals surface area contributed by atoms with Crippen LogP contribution in [-0.4, -0.2) is 30.4 Å². The molecule has 0 aliphatic rings. The van der Waals surface area contributed by atoms with Crippen molar-refractivity contribution in [3.05, 3.63) is 42.1 Å². The molecular formula is C13H13N3O2. The van der Waals surface area contributed by atoms with Crippen molar-refractivity contribution in [3.63, 3.8) is 0 Å². The second kappa shape index (κ2) is 5.27. The maximum Gasteiger partial charge on any atom is 0.252 e. The number of carbonyl (C=O) groups excluding carboxylic acids is 2. The molecule has 0 spiro atoms. The number of pyridine rings is 1. The van der Waals surface area contributed by atoms with E-state index in [2.05, 4.69) is 15.6 Å². The van der Waals surface area contributed by atoms with E-state index in [1.165, 1.54) is 7.05 Å². The number of hydrogen-bond acceptors (Lipinski definition) is 3. The van der Waals surface area contributed by atoms with Gasteiger partial charge in [-0.15, -0.1) is 0 Å². The highest BCUT2D eigenvalue weighted by Crippen LogP contribution is 2.15. The van der Waals surface area contributed by atoms with Gasteiger partial charge >= 0.3 is 0 Å². The van der Waals surface area contributed by atoms with Gasteiger partial charge in [-0.1, -0.05) is 18.2 Å². The molecule has 0 radical (unpaired) electrons. The second-order valence-electron chi connectivity index (χ2n) is 3.73. The Bertz CT molecular complexity index is 590. The Labute approximate surface area is 104 Å². The monoisotopic (exact) mass is 243 g/mol. The van der Waals surface area contributed by atoms with Crippen LogP contribution in [0.5, 0.6) is 0 Å². The summed E-state index contributed by atoms with van der Waals surface area (Å²) < 4.78 is 0. The molecule has 1 aromatic carbocycles. The molecule has 0 saturated heterocycles. The van der Waals surface area contributed by atoms with E-state index in [1.54, 1.807) is 12.3 Å². The molecule has 0 fully saturated rings. The predicted molar refractivity (Wildman–Crippen MR) is 68.1 cm³/mol. The lowest BCUT2D eigenvalue weighted by Gasteiger charge is -2.06. The van der Waals surface area contributed by atoms with Gasteiger partial charge in [0, 0.05) is 18.6 Å². The molecule has 0 aliphatic heterocycles. The second-order valence-corrected chi connectivity index (χ2v) is 3.73. The number of likely N-dealkylation sites (N-methyl/N-ethyl adjacent to an activating group) is 1. The highest BCUT2D eigenvalue weighted by molar-refractivity contribution is 6.06. The SMILES string of the molecule is CNC(=O)CNC(=O)c1ccnc2ccccc12. The molecule has 0 bridgehead atoms. The van der Waals surface area contributed by atoms with Gasteiger partial charge in [-0.2, -0.15) is 0 Å². The van der Waals surface area contributed by atoms with Crippen LogP contribution in [0.3, 0.4) is 0 Å². The third-order valence-electron chi connectivity index (χ3n) is 2.58. The first kappa shape index (κ1) is 12.0. The van der Waals surface area contributed by atoms with Crippen molar-refractivity contribution in [1.82, 2.24) is 15.6 Å². The third-order valence-corrected chi connectivity index (χ3v) is 2.58. The van der Waals surface area contributed by atoms with E-state index in [0.29, 0.717) is 5.56 Å². The van der Waals surface area contributed by atoms with E-state index in [4.69, 9.17) is 0 Å². The average Bonchev–Trinajstić information content (AvgIpc) is 2.43. The number of rotatable bonds is 3. The lowest BCUT2D eigenvalue weighted by atomic mass is 10.1. The topological polar surface area (TPSA) is 71.1 Å². The third kappa shape index (κ3) is 2.45. The van der Waals surface area contributed by atoms with Gasteiger partial charge in [0.1, 0.15) is 0 Å². The molecule has 0 aliphatic carbocycles. The summed E-state index contributed by atoms with van der Waals surface area (Å²) in [6, 6.07) is 9.02. The van der Waals surface area contributed by atoms with Crippen molar-refractivity contribution < 1.29 is 9.59 Å². The summed E-state index contributed by atoms with van der Waals surface area (Å²) in [6.07, 6.45) is 1.58. The zero-order valence-electron chi connectivity index (χ0n) is 9.93. The number of para-hydroxylation sites is 1. The molecule has 0 unspecified atom stereocenters. The van der Waals surface area contributed by atoms with Crippen molar-refractivity contribution in [3.8, 4) is 0 Å². The van der Waals surface area contributed by atoms with Gasteiger partial charge in [0.2, 0.25) is 5.91 Å². The van der Waals surface area contributed by atoms with Crippen LogP contribution in [0, 0.1) is 0 Å². The van der Waals surface area contributed by atoms with Crippen LogP contribution in [-0.2, 0) is 4.79 Å².